The second-order valence-corrected chi connectivity index (χ2v) is 5.04. The predicted octanol–water partition coefficient (Wildman–Crippen LogP) is 2.12. The molecule has 0 aromatic carbocycles. The minimum absolute atomic E-state index is 0.0711. The van der Waals surface area contributed by atoms with E-state index in [4.69, 9.17) is 5.73 Å². The van der Waals surface area contributed by atoms with Crippen molar-refractivity contribution in [2.24, 2.45) is 11.7 Å². The maximum absolute atomic E-state index is 12.6. The number of aromatic nitrogens is 1. The highest BCUT2D eigenvalue weighted by atomic mass is 16.2. The van der Waals surface area contributed by atoms with E-state index in [1.54, 1.807) is 17.2 Å². The van der Waals surface area contributed by atoms with Gasteiger partial charge in [0.15, 0.2) is 0 Å². The number of pyridine rings is 1. The molecular formula is C15H21N3O. The Bertz CT molecular complexity index is 424. The first-order valence-electron chi connectivity index (χ1n) is 6.81. The zero-order valence-corrected chi connectivity index (χ0v) is 11.2. The number of carbonyl (C=O) groups excluding carboxylic acids is 1. The smallest absolute Gasteiger partial charge is 0.231 e. The van der Waals surface area contributed by atoms with Crippen molar-refractivity contribution in [2.45, 2.75) is 31.7 Å². The number of nitrogens with zero attached hydrogens (tertiary/aromatic N) is 2. The van der Waals surface area contributed by atoms with Crippen LogP contribution in [-0.4, -0.2) is 23.5 Å². The summed E-state index contributed by atoms with van der Waals surface area (Å²) in [5.41, 5.74) is 5.89. The third-order valence-corrected chi connectivity index (χ3v) is 3.62. The summed E-state index contributed by atoms with van der Waals surface area (Å²) in [7, 11) is 0. The molecule has 4 heteroatoms. The number of amides is 1. The van der Waals surface area contributed by atoms with Gasteiger partial charge in [0.1, 0.15) is 5.82 Å². The van der Waals surface area contributed by atoms with Crippen LogP contribution in [0, 0.1) is 5.92 Å². The maximum Gasteiger partial charge on any atom is 0.231 e. The first-order valence-corrected chi connectivity index (χ1v) is 6.81. The third kappa shape index (κ3) is 3.41. The molecule has 102 valence electrons. The SMILES string of the molecule is C=CCN(c1ccccn1)C(=O)[C@H]1CC[C@H](N)CC1. The molecule has 4 nitrogen and oxygen atoms in total. The highest BCUT2D eigenvalue weighted by Gasteiger charge is 2.28. The summed E-state index contributed by atoms with van der Waals surface area (Å²) in [6.45, 7) is 4.22. The Morgan fingerprint density at radius 2 is 2.16 bits per heavy atom. The van der Waals surface area contributed by atoms with Gasteiger partial charge in [-0.05, 0) is 37.8 Å². The van der Waals surface area contributed by atoms with E-state index in [0.717, 1.165) is 25.7 Å². The Balaban J connectivity index is 2.11. The molecule has 0 aliphatic heterocycles. The topological polar surface area (TPSA) is 59.2 Å². The molecule has 1 aliphatic carbocycles. The van der Waals surface area contributed by atoms with Crippen LogP contribution in [0.3, 0.4) is 0 Å². The first-order chi connectivity index (χ1) is 9.22. The van der Waals surface area contributed by atoms with Gasteiger partial charge in [-0.2, -0.15) is 0 Å². The van der Waals surface area contributed by atoms with Crippen LogP contribution in [0.25, 0.3) is 0 Å². The third-order valence-electron chi connectivity index (χ3n) is 3.62. The van der Waals surface area contributed by atoms with Gasteiger partial charge in [0, 0.05) is 24.7 Å². The molecule has 1 heterocycles. The van der Waals surface area contributed by atoms with Crippen molar-refractivity contribution in [1.82, 2.24) is 4.98 Å². The number of rotatable bonds is 4. The van der Waals surface area contributed by atoms with Gasteiger partial charge in [0.05, 0.1) is 0 Å². The minimum Gasteiger partial charge on any atom is -0.328 e. The average Bonchev–Trinajstić information content (AvgIpc) is 2.46. The van der Waals surface area contributed by atoms with E-state index in [1.807, 2.05) is 18.2 Å². The van der Waals surface area contributed by atoms with Gasteiger partial charge in [-0.25, -0.2) is 4.98 Å². The molecular weight excluding hydrogens is 238 g/mol. The Hall–Kier alpha value is -1.68. The standard InChI is InChI=1S/C15H21N3O/c1-2-11-18(14-5-3-4-10-17-14)15(19)12-6-8-13(16)9-7-12/h2-5,10,12-13H,1,6-9,11,16H2/t12-,13-. The highest BCUT2D eigenvalue weighted by molar-refractivity contribution is 5.94. The molecule has 0 atom stereocenters. The summed E-state index contributed by atoms with van der Waals surface area (Å²) in [4.78, 5) is 18.6. The minimum atomic E-state index is 0.0711. The summed E-state index contributed by atoms with van der Waals surface area (Å²) in [5.74, 6) is 0.912. The predicted molar refractivity (Wildman–Crippen MR) is 76.7 cm³/mol. The molecule has 1 saturated carbocycles. The summed E-state index contributed by atoms with van der Waals surface area (Å²) in [6.07, 6.45) is 7.05. The number of hydrogen-bond acceptors (Lipinski definition) is 3. The van der Waals surface area contributed by atoms with E-state index in [9.17, 15) is 4.79 Å². The Labute approximate surface area is 114 Å². The van der Waals surface area contributed by atoms with Crippen molar-refractivity contribution in [3.8, 4) is 0 Å². The van der Waals surface area contributed by atoms with Crippen LogP contribution < -0.4 is 10.6 Å². The second-order valence-electron chi connectivity index (χ2n) is 5.04. The van der Waals surface area contributed by atoms with E-state index in [-0.39, 0.29) is 17.9 Å². The van der Waals surface area contributed by atoms with Gasteiger partial charge in [0.25, 0.3) is 0 Å². The molecule has 1 aromatic rings. The van der Waals surface area contributed by atoms with Gasteiger partial charge < -0.3 is 5.73 Å². The van der Waals surface area contributed by atoms with E-state index < -0.39 is 0 Å². The van der Waals surface area contributed by atoms with Crippen molar-refractivity contribution in [2.75, 3.05) is 11.4 Å². The molecule has 19 heavy (non-hydrogen) atoms. The van der Waals surface area contributed by atoms with Gasteiger partial charge in [0.2, 0.25) is 5.91 Å². The second kappa shape index (κ2) is 6.48. The van der Waals surface area contributed by atoms with Crippen LogP contribution in [0.4, 0.5) is 5.82 Å². The maximum atomic E-state index is 12.6. The lowest BCUT2D eigenvalue weighted by atomic mass is 9.85. The van der Waals surface area contributed by atoms with Crippen molar-refractivity contribution in [1.29, 1.82) is 0 Å². The lowest BCUT2D eigenvalue weighted by Crippen LogP contribution is -2.40. The molecule has 2 N–H and O–H groups in total. The quantitative estimate of drug-likeness (QED) is 0.843. The van der Waals surface area contributed by atoms with Crippen LogP contribution in [0.15, 0.2) is 37.1 Å². The van der Waals surface area contributed by atoms with Crippen molar-refractivity contribution < 1.29 is 4.79 Å². The summed E-state index contributed by atoms with van der Waals surface area (Å²) in [6, 6.07) is 5.85. The largest absolute Gasteiger partial charge is 0.328 e. The van der Waals surface area contributed by atoms with Crippen LogP contribution in [0.5, 0.6) is 0 Å². The Kier molecular flexibility index (Phi) is 4.68. The molecule has 0 radical (unpaired) electrons. The molecule has 0 bridgehead atoms. The number of hydrogen-bond donors (Lipinski definition) is 1. The van der Waals surface area contributed by atoms with Crippen LogP contribution in [0.1, 0.15) is 25.7 Å². The highest BCUT2D eigenvalue weighted by Crippen LogP contribution is 2.26. The van der Waals surface area contributed by atoms with Crippen LogP contribution in [0.2, 0.25) is 0 Å². The van der Waals surface area contributed by atoms with Crippen molar-refractivity contribution in [3.05, 3.63) is 37.1 Å². The summed E-state index contributed by atoms with van der Waals surface area (Å²) < 4.78 is 0. The lowest BCUT2D eigenvalue weighted by molar-refractivity contribution is -0.123. The zero-order chi connectivity index (χ0) is 13.7. The van der Waals surface area contributed by atoms with E-state index >= 15 is 0 Å². The van der Waals surface area contributed by atoms with Gasteiger partial charge in [-0.3, -0.25) is 9.69 Å². The van der Waals surface area contributed by atoms with Gasteiger partial charge in [-0.15, -0.1) is 6.58 Å². The van der Waals surface area contributed by atoms with E-state index in [1.165, 1.54) is 0 Å². The molecule has 0 spiro atoms. The summed E-state index contributed by atoms with van der Waals surface area (Å²) in [5, 5.41) is 0. The molecule has 0 unspecified atom stereocenters. The van der Waals surface area contributed by atoms with Crippen LogP contribution >= 0.6 is 0 Å². The van der Waals surface area contributed by atoms with Crippen molar-refractivity contribution in [3.63, 3.8) is 0 Å². The molecule has 1 aliphatic rings. The fraction of sp³-hybridized carbons (Fsp3) is 0.467. The Morgan fingerprint density at radius 3 is 2.74 bits per heavy atom. The molecule has 1 amide bonds. The fourth-order valence-electron chi connectivity index (χ4n) is 2.53. The Morgan fingerprint density at radius 1 is 1.42 bits per heavy atom. The van der Waals surface area contributed by atoms with Gasteiger partial charge >= 0.3 is 0 Å². The fourth-order valence-corrected chi connectivity index (χ4v) is 2.53. The van der Waals surface area contributed by atoms with Crippen molar-refractivity contribution >= 4 is 11.7 Å². The average molecular weight is 259 g/mol. The normalized spacial score (nSPS) is 22.8. The summed E-state index contributed by atoms with van der Waals surface area (Å²) >= 11 is 0. The molecule has 0 saturated heterocycles. The lowest BCUT2D eigenvalue weighted by Gasteiger charge is -2.30. The number of nitrogens with two attached hydrogens (primary N) is 1. The first kappa shape index (κ1) is 13.7. The monoisotopic (exact) mass is 259 g/mol. The number of carbonyl (C=O) groups is 1. The van der Waals surface area contributed by atoms with E-state index in [0.29, 0.717) is 12.4 Å². The number of anilines is 1. The molecule has 1 aromatic heterocycles. The van der Waals surface area contributed by atoms with Crippen LogP contribution in [-0.2, 0) is 4.79 Å². The van der Waals surface area contributed by atoms with Gasteiger partial charge in [-0.1, -0.05) is 12.1 Å². The zero-order valence-electron chi connectivity index (χ0n) is 11.2. The molecule has 2 rings (SSSR count). The molecule has 1 fully saturated rings. The van der Waals surface area contributed by atoms with E-state index in [2.05, 4.69) is 11.6 Å².